The minimum Gasteiger partial charge on any atom is -0.378 e. The van der Waals surface area contributed by atoms with Gasteiger partial charge in [0.2, 0.25) is 0 Å². The topological polar surface area (TPSA) is 42.7 Å². The molecule has 0 bridgehead atoms. The molecule has 0 aliphatic heterocycles. The maximum atomic E-state index is 4.37. The third kappa shape index (κ3) is 3.24. The summed E-state index contributed by atoms with van der Waals surface area (Å²) in [6, 6.07) is 10.3. The van der Waals surface area contributed by atoms with Crippen LogP contribution < -0.4 is 5.32 Å². The number of anilines is 1. The normalized spacial score (nSPS) is 10.7. The zero-order valence-corrected chi connectivity index (χ0v) is 12.1. The van der Waals surface area contributed by atoms with Crippen LogP contribution in [0.25, 0.3) is 0 Å². The van der Waals surface area contributed by atoms with Crippen LogP contribution in [-0.4, -0.2) is 14.8 Å². The Kier molecular flexibility index (Phi) is 3.78. The average molecular weight is 284 g/mol. The second-order valence-corrected chi connectivity index (χ2v) is 5.93. The molecule has 0 radical (unpaired) electrons. The van der Waals surface area contributed by atoms with Crippen LogP contribution in [0.5, 0.6) is 0 Å². The molecule has 2 heterocycles. The molecule has 20 heavy (non-hydrogen) atoms. The first-order chi connectivity index (χ1) is 9.79. The van der Waals surface area contributed by atoms with Gasteiger partial charge in [-0.15, -0.1) is 11.3 Å². The summed E-state index contributed by atoms with van der Waals surface area (Å²) in [7, 11) is 0. The predicted octanol–water partition coefficient (Wildman–Crippen LogP) is 3.31. The van der Waals surface area contributed by atoms with Gasteiger partial charge in [-0.25, -0.2) is 4.98 Å². The van der Waals surface area contributed by atoms with Crippen LogP contribution in [0, 0.1) is 6.92 Å². The Morgan fingerprint density at radius 2 is 2.05 bits per heavy atom. The molecule has 0 spiro atoms. The van der Waals surface area contributed by atoms with Crippen LogP contribution in [0.1, 0.15) is 15.4 Å². The zero-order chi connectivity index (χ0) is 13.8. The Balaban J connectivity index is 1.59. The zero-order valence-electron chi connectivity index (χ0n) is 11.3. The van der Waals surface area contributed by atoms with Crippen LogP contribution in [-0.2, 0) is 13.1 Å². The molecule has 0 saturated carbocycles. The van der Waals surface area contributed by atoms with E-state index in [2.05, 4.69) is 27.5 Å². The third-order valence-electron chi connectivity index (χ3n) is 2.96. The molecule has 0 fully saturated rings. The molecule has 1 aromatic carbocycles. The molecule has 0 unspecified atom stereocenters. The Labute approximate surface area is 122 Å². The van der Waals surface area contributed by atoms with Crippen molar-refractivity contribution in [2.45, 2.75) is 20.0 Å². The van der Waals surface area contributed by atoms with Crippen LogP contribution in [0.4, 0.5) is 5.69 Å². The van der Waals surface area contributed by atoms with Gasteiger partial charge in [-0.3, -0.25) is 4.68 Å². The minimum absolute atomic E-state index is 0.794. The molecule has 0 atom stereocenters. The van der Waals surface area contributed by atoms with E-state index in [1.54, 1.807) is 11.3 Å². The molecule has 0 aliphatic carbocycles. The van der Waals surface area contributed by atoms with Crippen LogP contribution in [0.2, 0.25) is 0 Å². The summed E-state index contributed by atoms with van der Waals surface area (Å²) in [6.07, 6.45) is 5.80. The SMILES string of the molecule is Cc1ncc(CNc2cnn(Cc3ccccc3)c2)s1. The van der Waals surface area contributed by atoms with Crippen molar-refractivity contribution in [3.63, 3.8) is 0 Å². The van der Waals surface area contributed by atoms with E-state index in [4.69, 9.17) is 0 Å². The number of hydrogen-bond donors (Lipinski definition) is 1. The molecule has 3 aromatic rings. The van der Waals surface area contributed by atoms with Crippen molar-refractivity contribution in [3.8, 4) is 0 Å². The molecule has 0 amide bonds. The van der Waals surface area contributed by atoms with E-state index >= 15 is 0 Å². The lowest BCUT2D eigenvalue weighted by molar-refractivity contribution is 0.687. The largest absolute Gasteiger partial charge is 0.378 e. The van der Waals surface area contributed by atoms with Gasteiger partial charge in [-0.1, -0.05) is 30.3 Å². The number of aromatic nitrogens is 3. The second kappa shape index (κ2) is 5.88. The quantitative estimate of drug-likeness (QED) is 0.781. The number of benzene rings is 1. The number of thiazole rings is 1. The second-order valence-electron chi connectivity index (χ2n) is 4.61. The van der Waals surface area contributed by atoms with E-state index in [0.29, 0.717) is 0 Å². The maximum Gasteiger partial charge on any atom is 0.0897 e. The molecule has 0 saturated heterocycles. The summed E-state index contributed by atoms with van der Waals surface area (Å²) in [5, 5.41) is 8.84. The van der Waals surface area contributed by atoms with Gasteiger partial charge in [-0.05, 0) is 12.5 Å². The number of nitrogens with one attached hydrogen (secondary N) is 1. The van der Waals surface area contributed by atoms with Crippen LogP contribution in [0.3, 0.4) is 0 Å². The van der Waals surface area contributed by atoms with Crippen molar-refractivity contribution < 1.29 is 0 Å². The Hall–Kier alpha value is -2.14. The molecule has 3 rings (SSSR count). The molecular formula is C15H16N4S. The number of hydrogen-bond acceptors (Lipinski definition) is 4. The van der Waals surface area contributed by atoms with Gasteiger partial charge in [-0.2, -0.15) is 5.10 Å². The lowest BCUT2D eigenvalue weighted by atomic mass is 10.2. The number of rotatable bonds is 5. The first-order valence-corrected chi connectivity index (χ1v) is 7.33. The van der Waals surface area contributed by atoms with Gasteiger partial charge in [0.25, 0.3) is 0 Å². The van der Waals surface area contributed by atoms with E-state index in [-0.39, 0.29) is 0 Å². The summed E-state index contributed by atoms with van der Waals surface area (Å²) in [5.41, 5.74) is 2.28. The first kappa shape index (κ1) is 12.9. The summed E-state index contributed by atoms with van der Waals surface area (Å²) in [6.45, 7) is 3.61. The highest BCUT2D eigenvalue weighted by molar-refractivity contribution is 7.11. The van der Waals surface area contributed by atoms with E-state index in [1.807, 2.05) is 48.4 Å². The molecule has 102 valence electrons. The molecule has 0 aliphatic rings. The maximum absolute atomic E-state index is 4.37. The highest BCUT2D eigenvalue weighted by Gasteiger charge is 2.01. The molecule has 2 aromatic heterocycles. The number of aryl methyl sites for hydroxylation is 1. The van der Waals surface area contributed by atoms with Crippen LogP contribution >= 0.6 is 11.3 Å². The Morgan fingerprint density at radius 3 is 2.80 bits per heavy atom. The monoisotopic (exact) mass is 284 g/mol. The van der Waals surface area contributed by atoms with E-state index in [1.165, 1.54) is 10.4 Å². The minimum atomic E-state index is 0.794. The van der Waals surface area contributed by atoms with Gasteiger partial charge in [0.1, 0.15) is 0 Å². The van der Waals surface area contributed by atoms with E-state index in [0.717, 1.165) is 23.8 Å². The standard InChI is InChI=1S/C15H16N4S/c1-12-16-8-15(20-12)9-17-14-7-18-19(11-14)10-13-5-3-2-4-6-13/h2-8,11,17H,9-10H2,1H3. The van der Waals surface area contributed by atoms with Crippen molar-refractivity contribution in [2.24, 2.45) is 0 Å². The fraction of sp³-hybridized carbons (Fsp3) is 0.200. The Morgan fingerprint density at radius 1 is 1.20 bits per heavy atom. The van der Waals surface area contributed by atoms with Gasteiger partial charge in [0.05, 0.1) is 30.0 Å². The first-order valence-electron chi connectivity index (χ1n) is 6.51. The van der Waals surface area contributed by atoms with Crippen LogP contribution in [0.15, 0.2) is 48.9 Å². The van der Waals surface area contributed by atoms with Gasteiger partial charge in [0, 0.05) is 17.3 Å². The fourth-order valence-electron chi connectivity index (χ4n) is 1.99. The molecule has 5 heteroatoms. The lowest BCUT2D eigenvalue weighted by Crippen LogP contribution is -2.00. The number of nitrogens with zero attached hydrogens (tertiary/aromatic N) is 3. The highest BCUT2D eigenvalue weighted by atomic mass is 32.1. The summed E-state index contributed by atoms with van der Waals surface area (Å²) in [5.74, 6) is 0. The van der Waals surface area contributed by atoms with Gasteiger partial charge < -0.3 is 5.32 Å². The van der Waals surface area contributed by atoms with Gasteiger partial charge >= 0.3 is 0 Å². The van der Waals surface area contributed by atoms with E-state index in [9.17, 15) is 0 Å². The van der Waals surface area contributed by atoms with Crippen molar-refractivity contribution in [2.75, 3.05) is 5.32 Å². The summed E-state index contributed by atoms with van der Waals surface area (Å²) in [4.78, 5) is 5.48. The highest BCUT2D eigenvalue weighted by Crippen LogP contribution is 2.14. The predicted molar refractivity (Wildman–Crippen MR) is 81.9 cm³/mol. The van der Waals surface area contributed by atoms with E-state index < -0.39 is 0 Å². The summed E-state index contributed by atoms with van der Waals surface area (Å²) >= 11 is 1.72. The third-order valence-corrected chi connectivity index (χ3v) is 3.87. The molecular weight excluding hydrogens is 268 g/mol. The fourth-order valence-corrected chi connectivity index (χ4v) is 2.72. The van der Waals surface area contributed by atoms with Crippen molar-refractivity contribution in [3.05, 3.63) is 64.4 Å². The van der Waals surface area contributed by atoms with Crippen molar-refractivity contribution in [1.29, 1.82) is 0 Å². The molecule has 4 nitrogen and oxygen atoms in total. The Bertz CT molecular complexity index is 672. The van der Waals surface area contributed by atoms with Gasteiger partial charge in [0.15, 0.2) is 0 Å². The van der Waals surface area contributed by atoms with Crippen molar-refractivity contribution in [1.82, 2.24) is 14.8 Å². The smallest absolute Gasteiger partial charge is 0.0897 e. The lowest BCUT2D eigenvalue weighted by Gasteiger charge is -2.01. The summed E-state index contributed by atoms with van der Waals surface area (Å²) < 4.78 is 1.94. The molecule has 1 N–H and O–H groups in total. The van der Waals surface area contributed by atoms with Crippen molar-refractivity contribution >= 4 is 17.0 Å². The average Bonchev–Trinajstić information content (AvgIpc) is 3.07.